The van der Waals surface area contributed by atoms with Crippen LogP contribution in [-0.2, 0) is 16.0 Å². The van der Waals surface area contributed by atoms with Crippen LogP contribution >= 0.6 is 0 Å². The molecule has 0 aromatic heterocycles. The van der Waals surface area contributed by atoms with Crippen molar-refractivity contribution in [2.24, 2.45) is 5.92 Å². The lowest BCUT2D eigenvalue weighted by molar-refractivity contribution is -0.135. The molecule has 1 saturated heterocycles. The molecule has 1 heterocycles. The Bertz CT molecular complexity index is 649. The molecule has 6 nitrogen and oxygen atoms in total. The van der Waals surface area contributed by atoms with Gasteiger partial charge in [0.05, 0.1) is 14.2 Å². The molecule has 6 heteroatoms. The molecule has 0 unspecified atom stereocenters. The van der Waals surface area contributed by atoms with Crippen LogP contribution in [0.2, 0.25) is 0 Å². The first-order chi connectivity index (χ1) is 12.6. The summed E-state index contributed by atoms with van der Waals surface area (Å²) in [5.41, 5.74) is 1.05. The van der Waals surface area contributed by atoms with Gasteiger partial charge >= 0.3 is 0 Å². The number of nitrogens with one attached hydrogen (secondary N) is 1. The van der Waals surface area contributed by atoms with Crippen LogP contribution in [0.5, 0.6) is 11.5 Å². The van der Waals surface area contributed by atoms with Gasteiger partial charge in [0.2, 0.25) is 11.8 Å². The molecule has 0 atom stereocenters. The van der Waals surface area contributed by atoms with E-state index in [1.54, 1.807) is 14.2 Å². The second kappa shape index (κ2) is 8.43. The van der Waals surface area contributed by atoms with Gasteiger partial charge in [0.15, 0.2) is 11.5 Å². The van der Waals surface area contributed by atoms with E-state index in [9.17, 15) is 9.59 Å². The van der Waals surface area contributed by atoms with Crippen molar-refractivity contribution in [1.29, 1.82) is 0 Å². The number of likely N-dealkylation sites (tertiary alicyclic amines) is 1. The molecule has 2 amide bonds. The molecule has 26 heavy (non-hydrogen) atoms. The summed E-state index contributed by atoms with van der Waals surface area (Å²) in [4.78, 5) is 26.5. The Kier molecular flexibility index (Phi) is 6.01. The van der Waals surface area contributed by atoms with E-state index in [0.29, 0.717) is 43.5 Å². The fourth-order valence-electron chi connectivity index (χ4n) is 3.38. The van der Waals surface area contributed by atoms with E-state index >= 15 is 0 Å². The van der Waals surface area contributed by atoms with Gasteiger partial charge in [-0.25, -0.2) is 0 Å². The Morgan fingerprint density at radius 3 is 2.38 bits per heavy atom. The zero-order chi connectivity index (χ0) is 18.5. The molecule has 1 saturated carbocycles. The fourth-order valence-corrected chi connectivity index (χ4v) is 3.38. The molecule has 2 fully saturated rings. The first-order valence-electron chi connectivity index (χ1n) is 9.39. The van der Waals surface area contributed by atoms with E-state index in [1.807, 2.05) is 23.1 Å². The maximum absolute atomic E-state index is 12.5. The minimum absolute atomic E-state index is 0.0606. The van der Waals surface area contributed by atoms with Crippen molar-refractivity contribution in [3.05, 3.63) is 23.8 Å². The predicted molar refractivity (Wildman–Crippen MR) is 98.3 cm³/mol. The van der Waals surface area contributed by atoms with Crippen molar-refractivity contribution in [1.82, 2.24) is 10.2 Å². The summed E-state index contributed by atoms with van der Waals surface area (Å²) in [6.45, 7) is 1.35. The lowest BCUT2D eigenvalue weighted by Gasteiger charge is -2.31. The van der Waals surface area contributed by atoms with Gasteiger partial charge in [-0.05, 0) is 49.8 Å². The summed E-state index contributed by atoms with van der Waals surface area (Å²) < 4.78 is 10.5. The molecule has 1 N–H and O–H groups in total. The average molecular weight is 360 g/mol. The third kappa shape index (κ3) is 4.68. The molecular weight excluding hydrogens is 332 g/mol. The zero-order valence-corrected chi connectivity index (χ0v) is 15.6. The first-order valence-corrected chi connectivity index (χ1v) is 9.39. The van der Waals surface area contributed by atoms with Gasteiger partial charge in [-0.2, -0.15) is 0 Å². The van der Waals surface area contributed by atoms with E-state index in [4.69, 9.17) is 9.47 Å². The standard InChI is InChI=1S/C20H28N2O4/c1-25-17-7-3-14(13-18(17)26-2)4-8-19(23)22-11-9-15(10-12-22)20(24)21-16-5-6-16/h3,7,13,15-16H,4-6,8-12H2,1-2H3,(H,21,24). The molecule has 0 bridgehead atoms. The molecule has 1 aliphatic carbocycles. The Hall–Kier alpha value is -2.24. The molecular formula is C20H28N2O4. The van der Waals surface area contributed by atoms with E-state index in [1.165, 1.54) is 0 Å². The van der Waals surface area contributed by atoms with E-state index in [0.717, 1.165) is 31.2 Å². The molecule has 142 valence electrons. The van der Waals surface area contributed by atoms with Crippen LogP contribution in [0.3, 0.4) is 0 Å². The smallest absolute Gasteiger partial charge is 0.223 e. The quantitative estimate of drug-likeness (QED) is 0.809. The Morgan fingerprint density at radius 1 is 1.08 bits per heavy atom. The number of carbonyl (C=O) groups excluding carboxylic acids is 2. The van der Waals surface area contributed by atoms with Crippen LogP contribution in [0.15, 0.2) is 18.2 Å². The van der Waals surface area contributed by atoms with Gasteiger partial charge in [0.1, 0.15) is 0 Å². The Balaban J connectivity index is 1.44. The van der Waals surface area contributed by atoms with Crippen molar-refractivity contribution in [3.8, 4) is 11.5 Å². The number of methoxy groups -OCH3 is 2. The number of benzene rings is 1. The number of rotatable bonds is 7. The molecule has 1 aromatic carbocycles. The Labute approximate surface area is 154 Å². The normalized spacial score (nSPS) is 17.7. The predicted octanol–water partition coefficient (Wildman–Crippen LogP) is 2.15. The summed E-state index contributed by atoms with van der Waals surface area (Å²) >= 11 is 0. The van der Waals surface area contributed by atoms with Crippen LogP contribution in [-0.4, -0.2) is 50.1 Å². The van der Waals surface area contributed by atoms with Crippen LogP contribution < -0.4 is 14.8 Å². The fraction of sp³-hybridized carbons (Fsp3) is 0.600. The Morgan fingerprint density at radius 2 is 1.77 bits per heavy atom. The third-order valence-electron chi connectivity index (χ3n) is 5.22. The lowest BCUT2D eigenvalue weighted by Crippen LogP contribution is -2.43. The summed E-state index contributed by atoms with van der Waals surface area (Å²) in [7, 11) is 3.21. The monoisotopic (exact) mass is 360 g/mol. The second-order valence-electron chi connectivity index (χ2n) is 7.13. The van der Waals surface area contributed by atoms with Crippen molar-refractivity contribution >= 4 is 11.8 Å². The van der Waals surface area contributed by atoms with Crippen molar-refractivity contribution in [3.63, 3.8) is 0 Å². The van der Waals surface area contributed by atoms with Gasteiger partial charge < -0.3 is 19.7 Å². The maximum Gasteiger partial charge on any atom is 0.223 e. The van der Waals surface area contributed by atoms with Gasteiger partial charge in [0.25, 0.3) is 0 Å². The minimum Gasteiger partial charge on any atom is -0.493 e. The first kappa shape index (κ1) is 18.5. The summed E-state index contributed by atoms with van der Waals surface area (Å²) in [5, 5.41) is 3.07. The van der Waals surface area contributed by atoms with Crippen molar-refractivity contribution < 1.29 is 19.1 Å². The molecule has 1 aliphatic heterocycles. The van der Waals surface area contributed by atoms with Crippen molar-refractivity contribution in [2.75, 3.05) is 27.3 Å². The number of amides is 2. The highest BCUT2D eigenvalue weighted by Crippen LogP contribution is 2.28. The van der Waals surface area contributed by atoms with Gasteiger partial charge in [-0.15, -0.1) is 0 Å². The van der Waals surface area contributed by atoms with Gasteiger partial charge in [0, 0.05) is 31.5 Å². The number of hydrogen-bond acceptors (Lipinski definition) is 4. The van der Waals surface area contributed by atoms with E-state index in [-0.39, 0.29) is 17.7 Å². The number of aryl methyl sites for hydroxylation is 1. The number of piperidine rings is 1. The molecule has 0 spiro atoms. The highest BCUT2D eigenvalue weighted by molar-refractivity contribution is 5.80. The molecule has 0 radical (unpaired) electrons. The van der Waals surface area contributed by atoms with Crippen LogP contribution in [0.4, 0.5) is 0 Å². The largest absolute Gasteiger partial charge is 0.493 e. The number of ether oxygens (including phenoxy) is 2. The van der Waals surface area contributed by atoms with Crippen LogP contribution in [0.1, 0.15) is 37.7 Å². The molecule has 2 aliphatic rings. The summed E-state index contributed by atoms with van der Waals surface area (Å²) in [6, 6.07) is 6.15. The minimum atomic E-state index is 0.0606. The molecule has 3 rings (SSSR count). The van der Waals surface area contributed by atoms with E-state index < -0.39 is 0 Å². The zero-order valence-electron chi connectivity index (χ0n) is 15.6. The van der Waals surface area contributed by atoms with Crippen LogP contribution in [0.25, 0.3) is 0 Å². The average Bonchev–Trinajstić information content (AvgIpc) is 3.49. The highest BCUT2D eigenvalue weighted by atomic mass is 16.5. The van der Waals surface area contributed by atoms with Crippen molar-refractivity contribution in [2.45, 2.75) is 44.6 Å². The van der Waals surface area contributed by atoms with Gasteiger partial charge in [-0.1, -0.05) is 6.07 Å². The maximum atomic E-state index is 12.5. The number of nitrogens with zero attached hydrogens (tertiary/aromatic N) is 1. The van der Waals surface area contributed by atoms with Gasteiger partial charge in [-0.3, -0.25) is 9.59 Å². The lowest BCUT2D eigenvalue weighted by atomic mass is 9.95. The third-order valence-corrected chi connectivity index (χ3v) is 5.22. The highest BCUT2D eigenvalue weighted by Gasteiger charge is 2.30. The second-order valence-corrected chi connectivity index (χ2v) is 7.13. The summed E-state index contributed by atoms with van der Waals surface area (Å²) in [6.07, 6.45) is 4.88. The van der Waals surface area contributed by atoms with Crippen LogP contribution in [0, 0.1) is 5.92 Å². The molecule has 1 aromatic rings. The summed E-state index contributed by atoms with van der Waals surface area (Å²) in [5.74, 6) is 1.75. The number of carbonyl (C=O) groups is 2. The topological polar surface area (TPSA) is 67.9 Å². The SMILES string of the molecule is COc1ccc(CCC(=O)N2CCC(C(=O)NC3CC3)CC2)cc1OC. The van der Waals surface area contributed by atoms with E-state index in [2.05, 4.69) is 5.32 Å². The number of hydrogen-bond donors (Lipinski definition) is 1.